The Bertz CT molecular complexity index is 1010. The molecule has 1 atom stereocenters. The van der Waals surface area contributed by atoms with Gasteiger partial charge < -0.3 is 9.64 Å². The summed E-state index contributed by atoms with van der Waals surface area (Å²) < 4.78 is 7.91. The molecule has 0 saturated carbocycles. The molecule has 1 aliphatic heterocycles. The van der Waals surface area contributed by atoms with Gasteiger partial charge in [0.1, 0.15) is 12.4 Å². The van der Waals surface area contributed by atoms with Crippen LogP contribution in [0.1, 0.15) is 37.8 Å². The van der Waals surface area contributed by atoms with Crippen LogP contribution in [0.25, 0.3) is 5.69 Å². The van der Waals surface area contributed by atoms with Crippen molar-refractivity contribution in [2.75, 3.05) is 26.2 Å². The van der Waals surface area contributed by atoms with E-state index in [-0.39, 0.29) is 5.92 Å². The lowest BCUT2D eigenvalue weighted by Crippen LogP contribution is -2.44. The Morgan fingerprint density at radius 3 is 2.64 bits per heavy atom. The summed E-state index contributed by atoms with van der Waals surface area (Å²) >= 11 is 0. The first-order chi connectivity index (χ1) is 16.2. The highest BCUT2D eigenvalue weighted by atomic mass is 16.5. The molecule has 33 heavy (non-hydrogen) atoms. The van der Waals surface area contributed by atoms with Gasteiger partial charge in [-0.15, -0.1) is 0 Å². The predicted octanol–water partition coefficient (Wildman–Crippen LogP) is 4.53. The molecule has 3 aromatic rings. The van der Waals surface area contributed by atoms with Crippen LogP contribution >= 0.6 is 0 Å². The number of nitrogens with zero attached hydrogens (tertiary/aromatic N) is 4. The van der Waals surface area contributed by atoms with Crippen LogP contribution in [0.2, 0.25) is 0 Å². The molecule has 1 aromatic heterocycles. The van der Waals surface area contributed by atoms with E-state index in [9.17, 15) is 4.79 Å². The summed E-state index contributed by atoms with van der Waals surface area (Å²) in [5, 5.41) is 4.26. The number of amides is 1. The second-order valence-corrected chi connectivity index (χ2v) is 8.64. The fourth-order valence-corrected chi connectivity index (χ4v) is 4.52. The smallest absolute Gasteiger partial charge is 0.226 e. The monoisotopic (exact) mass is 446 g/mol. The van der Waals surface area contributed by atoms with E-state index in [0.717, 1.165) is 62.6 Å². The molecule has 4 rings (SSSR count). The molecule has 0 aliphatic carbocycles. The second kappa shape index (κ2) is 11.1. The van der Waals surface area contributed by atoms with Crippen molar-refractivity contribution in [2.24, 2.45) is 5.92 Å². The van der Waals surface area contributed by atoms with E-state index in [1.807, 2.05) is 46.1 Å². The minimum Gasteiger partial charge on any atom is -0.489 e. The molecular formula is C27H34N4O2. The van der Waals surface area contributed by atoms with Crippen molar-refractivity contribution in [3.8, 4) is 11.4 Å². The molecule has 1 unspecified atom stereocenters. The molecule has 0 spiro atoms. The van der Waals surface area contributed by atoms with Gasteiger partial charge in [-0.05, 0) is 74.7 Å². The van der Waals surface area contributed by atoms with Crippen LogP contribution < -0.4 is 4.74 Å². The van der Waals surface area contributed by atoms with E-state index in [1.165, 1.54) is 5.56 Å². The maximum absolute atomic E-state index is 12.8. The largest absolute Gasteiger partial charge is 0.489 e. The lowest BCUT2D eigenvalue weighted by Gasteiger charge is -2.34. The van der Waals surface area contributed by atoms with Gasteiger partial charge in [-0.1, -0.05) is 24.3 Å². The third-order valence-electron chi connectivity index (χ3n) is 6.35. The fraction of sp³-hybridized carbons (Fsp3) is 0.407. The van der Waals surface area contributed by atoms with E-state index in [0.29, 0.717) is 12.5 Å². The number of aromatic nitrogens is 2. The highest BCUT2D eigenvalue weighted by Gasteiger charge is 2.28. The maximum Gasteiger partial charge on any atom is 0.226 e. The summed E-state index contributed by atoms with van der Waals surface area (Å²) in [6.45, 7) is 8.93. The molecule has 1 amide bonds. The van der Waals surface area contributed by atoms with Gasteiger partial charge >= 0.3 is 0 Å². The summed E-state index contributed by atoms with van der Waals surface area (Å²) in [7, 11) is 0. The molecule has 1 fully saturated rings. The molecule has 1 aliphatic rings. The lowest BCUT2D eigenvalue weighted by atomic mass is 9.96. The zero-order valence-electron chi connectivity index (χ0n) is 19.7. The number of hydrogen-bond acceptors (Lipinski definition) is 4. The van der Waals surface area contributed by atoms with E-state index >= 15 is 0 Å². The van der Waals surface area contributed by atoms with Crippen molar-refractivity contribution in [1.29, 1.82) is 0 Å². The number of carbonyl (C=O) groups is 1. The zero-order valence-corrected chi connectivity index (χ0v) is 19.7. The first-order valence-corrected chi connectivity index (χ1v) is 12.0. The molecular weight excluding hydrogens is 412 g/mol. The number of carbonyl (C=O) groups excluding carboxylic acids is 1. The molecule has 1 saturated heterocycles. The van der Waals surface area contributed by atoms with Crippen molar-refractivity contribution < 1.29 is 9.53 Å². The van der Waals surface area contributed by atoms with Crippen molar-refractivity contribution in [3.05, 3.63) is 78.1 Å². The van der Waals surface area contributed by atoms with Gasteiger partial charge in [-0.25, -0.2) is 4.68 Å². The number of ether oxygens (including phenoxy) is 1. The maximum atomic E-state index is 12.8. The van der Waals surface area contributed by atoms with Gasteiger partial charge in [0.05, 0.1) is 11.6 Å². The van der Waals surface area contributed by atoms with Crippen LogP contribution in [0.5, 0.6) is 5.75 Å². The second-order valence-electron chi connectivity index (χ2n) is 8.64. The molecule has 2 heterocycles. The average molecular weight is 447 g/mol. The van der Waals surface area contributed by atoms with E-state index in [2.05, 4.69) is 48.1 Å². The van der Waals surface area contributed by atoms with Gasteiger partial charge in [0.2, 0.25) is 5.91 Å². The molecule has 0 bridgehead atoms. The number of rotatable bonds is 9. The standard InChI is InChI=1S/C27H34N4O2/c1-3-30(4-2)27(32)24-9-6-16-29(20-24)19-23-8-5-10-26(18-23)33-21-22-11-13-25(14-12-22)31-17-7-15-28-31/h5,7-8,10-15,17-18,24H,3-4,6,9,16,19-21H2,1-2H3. The summed E-state index contributed by atoms with van der Waals surface area (Å²) in [5.74, 6) is 1.29. The summed E-state index contributed by atoms with van der Waals surface area (Å²) in [5.41, 5.74) is 3.37. The third kappa shape index (κ3) is 6.02. The fourth-order valence-electron chi connectivity index (χ4n) is 4.52. The van der Waals surface area contributed by atoms with Gasteiger partial charge in [0, 0.05) is 38.6 Å². The van der Waals surface area contributed by atoms with Crippen LogP contribution in [-0.2, 0) is 17.9 Å². The Balaban J connectivity index is 1.32. The van der Waals surface area contributed by atoms with E-state index in [1.54, 1.807) is 6.20 Å². The number of hydrogen-bond donors (Lipinski definition) is 0. The molecule has 2 aromatic carbocycles. The molecule has 0 radical (unpaired) electrons. The quantitative estimate of drug-likeness (QED) is 0.485. The Labute approximate surface area is 196 Å². The van der Waals surface area contributed by atoms with Crippen LogP contribution in [0.4, 0.5) is 0 Å². The Kier molecular flexibility index (Phi) is 7.79. The average Bonchev–Trinajstić information content (AvgIpc) is 3.39. The first-order valence-electron chi connectivity index (χ1n) is 12.0. The topological polar surface area (TPSA) is 50.6 Å². The highest BCUT2D eigenvalue weighted by Crippen LogP contribution is 2.23. The zero-order chi connectivity index (χ0) is 23.0. The van der Waals surface area contributed by atoms with Crippen molar-refractivity contribution in [3.63, 3.8) is 0 Å². The summed E-state index contributed by atoms with van der Waals surface area (Å²) in [6.07, 6.45) is 5.77. The van der Waals surface area contributed by atoms with Gasteiger partial charge in [0.25, 0.3) is 0 Å². The Morgan fingerprint density at radius 2 is 1.91 bits per heavy atom. The minimum atomic E-state index is 0.114. The van der Waals surface area contributed by atoms with Crippen molar-refractivity contribution in [1.82, 2.24) is 19.6 Å². The van der Waals surface area contributed by atoms with Crippen LogP contribution in [0.3, 0.4) is 0 Å². The van der Waals surface area contributed by atoms with Gasteiger partial charge in [-0.3, -0.25) is 9.69 Å². The molecule has 0 N–H and O–H groups in total. The molecule has 6 heteroatoms. The SMILES string of the molecule is CCN(CC)C(=O)C1CCCN(Cc2cccc(OCc3ccc(-n4cccn4)cc3)c2)C1. The lowest BCUT2D eigenvalue weighted by molar-refractivity contribution is -0.137. The number of likely N-dealkylation sites (tertiary alicyclic amines) is 1. The highest BCUT2D eigenvalue weighted by molar-refractivity contribution is 5.79. The minimum absolute atomic E-state index is 0.114. The summed E-state index contributed by atoms with van der Waals surface area (Å²) in [4.78, 5) is 17.2. The molecule has 174 valence electrons. The molecule has 6 nitrogen and oxygen atoms in total. The van der Waals surface area contributed by atoms with Gasteiger partial charge in [0.15, 0.2) is 0 Å². The normalized spacial score (nSPS) is 16.5. The van der Waals surface area contributed by atoms with Crippen LogP contribution in [-0.4, -0.2) is 51.7 Å². The van der Waals surface area contributed by atoms with E-state index < -0.39 is 0 Å². The van der Waals surface area contributed by atoms with E-state index in [4.69, 9.17) is 4.74 Å². The Morgan fingerprint density at radius 1 is 1.09 bits per heavy atom. The first kappa shape index (κ1) is 23.1. The third-order valence-corrected chi connectivity index (χ3v) is 6.35. The van der Waals surface area contributed by atoms with Gasteiger partial charge in [-0.2, -0.15) is 5.10 Å². The number of piperidine rings is 1. The number of benzene rings is 2. The van der Waals surface area contributed by atoms with Crippen LogP contribution in [0.15, 0.2) is 67.0 Å². The Hall–Kier alpha value is -3.12. The van der Waals surface area contributed by atoms with Crippen LogP contribution in [0, 0.1) is 5.92 Å². The summed E-state index contributed by atoms with van der Waals surface area (Å²) in [6, 6.07) is 18.5. The van der Waals surface area contributed by atoms with Crippen molar-refractivity contribution >= 4 is 5.91 Å². The van der Waals surface area contributed by atoms with Crippen molar-refractivity contribution in [2.45, 2.75) is 39.8 Å². The predicted molar refractivity (Wildman–Crippen MR) is 130 cm³/mol.